The zero-order chi connectivity index (χ0) is 32.6. The van der Waals surface area contributed by atoms with Crippen molar-refractivity contribution in [3.05, 3.63) is 54.1 Å². The first-order valence-corrected chi connectivity index (χ1v) is 21.7. The fourth-order valence-electron chi connectivity index (χ4n) is 4.62. The fourth-order valence-corrected chi connectivity index (χ4v) is 7.08. The molecule has 0 amide bonds. The minimum Gasteiger partial charge on any atom is -0.543 e. The molecule has 6 nitrogen and oxygen atoms in total. The van der Waals surface area contributed by atoms with Crippen LogP contribution in [0.15, 0.2) is 43.0 Å². The summed E-state index contributed by atoms with van der Waals surface area (Å²) in [5, 5.41) is 0.0231. The molecule has 8 heteroatoms. The number of fused-ring (bicyclic) bond motifs is 1. The highest BCUT2D eigenvalue weighted by molar-refractivity contribution is 6.75. The Morgan fingerprint density at radius 3 is 2.30 bits per heavy atom. The van der Waals surface area contributed by atoms with Crippen LogP contribution >= 0.6 is 0 Å². The van der Waals surface area contributed by atoms with E-state index in [9.17, 15) is 9.59 Å². The van der Waals surface area contributed by atoms with Crippen LogP contribution in [0.3, 0.4) is 0 Å². The lowest BCUT2D eigenvalue weighted by molar-refractivity contribution is -0.136. The number of hydrogen-bond donors (Lipinski definition) is 0. The molecule has 0 aliphatic carbocycles. The van der Waals surface area contributed by atoms with Crippen molar-refractivity contribution in [3.63, 3.8) is 0 Å². The van der Waals surface area contributed by atoms with Gasteiger partial charge in [-0.15, -0.1) is 0 Å². The van der Waals surface area contributed by atoms with Gasteiger partial charge in [-0.2, -0.15) is 0 Å². The van der Waals surface area contributed by atoms with Gasteiger partial charge in [-0.1, -0.05) is 85.8 Å². The summed E-state index contributed by atoms with van der Waals surface area (Å²) in [5.41, 5.74) is 1.49. The predicted molar refractivity (Wildman–Crippen MR) is 182 cm³/mol. The van der Waals surface area contributed by atoms with Crippen molar-refractivity contribution in [1.29, 1.82) is 0 Å². The molecule has 0 radical (unpaired) electrons. The minimum atomic E-state index is -2.22. The summed E-state index contributed by atoms with van der Waals surface area (Å²) in [4.78, 5) is 26.3. The Morgan fingerprint density at radius 1 is 1.05 bits per heavy atom. The van der Waals surface area contributed by atoms with Crippen molar-refractivity contribution < 1.29 is 27.9 Å². The number of rotatable bonds is 9. The van der Waals surface area contributed by atoms with Gasteiger partial charge in [0, 0.05) is 18.9 Å². The Balaban J connectivity index is 2.53. The van der Waals surface area contributed by atoms with Gasteiger partial charge in [0.1, 0.15) is 24.0 Å². The quantitative estimate of drug-likeness (QED) is 0.117. The molecule has 1 heterocycles. The third kappa shape index (κ3) is 10.7. The van der Waals surface area contributed by atoms with Gasteiger partial charge in [0.15, 0.2) is 8.32 Å². The van der Waals surface area contributed by atoms with Crippen LogP contribution in [-0.2, 0) is 25.1 Å². The van der Waals surface area contributed by atoms with Crippen molar-refractivity contribution in [2.75, 3.05) is 6.61 Å². The van der Waals surface area contributed by atoms with E-state index in [1.807, 2.05) is 18.2 Å². The Labute approximate surface area is 263 Å². The number of carbonyl (C=O) groups is 2. The summed E-state index contributed by atoms with van der Waals surface area (Å²) in [5.74, 6) is 0.0772. The zero-order valence-corrected chi connectivity index (χ0v) is 30.8. The fraction of sp³-hybridized carbons (Fsp3) is 0.657. The highest BCUT2D eigenvalue weighted by Gasteiger charge is 2.42. The van der Waals surface area contributed by atoms with E-state index >= 15 is 0 Å². The lowest BCUT2D eigenvalue weighted by atomic mass is 9.91. The standard InChI is InChI=1S/C35H58O6Si2/c1-13-24-38-31(36)23-17-21-28-25-30(41-43(11,12)35(6,7)8)26(2)18-14-15-19-27-20-16-22-29(32(27)33(37)39-28)40-42(9,10)34(3,4)5/h13,16-17,20,22-23,26,28,30H,1,14-15,18-19,21,24-25H2,2-12H3/b23-17+/t26-,28?,30+/m0/s1. The molecule has 242 valence electrons. The summed E-state index contributed by atoms with van der Waals surface area (Å²) in [6.07, 6.45) is 8.86. The van der Waals surface area contributed by atoms with Gasteiger partial charge in [0.2, 0.25) is 0 Å². The number of aryl methyl sites for hydroxylation is 1. The molecular weight excluding hydrogens is 573 g/mol. The average Bonchev–Trinajstić information content (AvgIpc) is 2.87. The molecule has 0 N–H and O–H groups in total. The Morgan fingerprint density at radius 2 is 1.70 bits per heavy atom. The van der Waals surface area contributed by atoms with E-state index in [1.165, 1.54) is 12.2 Å². The maximum atomic E-state index is 14.1. The smallest absolute Gasteiger partial charge is 0.342 e. The van der Waals surface area contributed by atoms with Crippen molar-refractivity contribution >= 4 is 28.6 Å². The highest BCUT2D eigenvalue weighted by Crippen LogP contribution is 2.41. The molecule has 1 aromatic rings. The van der Waals surface area contributed by atoms with Crippen LogP contribution in [0.5, 0.6) is 5.75 Å². The zero-order valence-electron chi connectivity index (χ0n) is 28.8. The molecule has 2 rings (SSSR count). The van der Waals surface area contributed by atoms with Gasteiger partial charge in [-0.3, -0.25) is 0 Å². The topological polar surface area (TPSA) is 71.1 Å². The molecule has 1 unspecified atom stereocenters. The number of hydrogen-bond acceptors (Lipinski definition) is 6. The molecule has 0 aromatic heterocycles. The number of benzene rings is 1. The Kier molecular flexibility index (Phi) is 13.1. The molecule has 0 fully saturated rings. The minimum absolute atomic E-state index is 0.0248. The van der Waals surface area contributed by atoms with Crippen LogP contribution in [-0.4, -0.2) is 47.4 Å². The lowest BCUT2D eigenvalue weighted by Gasteiger charge is -2.42. The molecule has 1 aliphatic rings. The first-order valence-electron chi connectivity index (χ1n) is 15.9. The molecule has 0 spiro atoms. The van der Waals surface area contributed by atoms with Crippen molar-refractivity contribution in [1.82, 2.24) is 0 Å². The highest BCUT2D eigenvalue weighted by atomic mass is 28.4. The predicted octanol–water partition coefficient (Wildman–Crippen LogP) is 9.41. The molecule has 0 saturated heterocycles. The molecule has 3 atom stereocenters. The van der Waals surface area contributed by atoms with Gasteiger partial charge < -0.3 is 18.3 Å². The Hall–Kier alpha value is -2.17. The number of esters is 2. The van der Waals surface area contributed by atoms with Crippen LogP contribution in [0.25, 0.3) is 0 Å². The summed E-state index contributed by atoms with van der Waals surface area (Å²) in [7, 11) is -4.33. The van der Waals surface area contributed by atoms with Crippen LogP contribution < -0.4 is 4.43 Å². The van der Waals surface area contributed by atoms with E-state index in [1.54, 1.807) is 6.08 Å². The van der Waals surface area contributed by atoms with E-state index in [0.29, 0.717) is 30.1 Å². The molecule has 0 bridgehead atoms. The number of carbonyl (C=O) groups excluding carboxylic acids is 2. The maximum absolute atomic E-state index is 14.1. The van der Waals surface area contributed by atoms with Gasteiger partial charge in [0.05, 0.1) is 6.10 Å². The van der Waals surface area contributed by atoms with Gasteiger partial charge >= 0.3 is 11.9 Å². The summed E-state index contributed by atoms with van der Waals surface area (Å²) in [6, 6.07) is 5.92. The number of ether oxygens (including phenoxy) is 2. The second-order valence-electron chi connectivity index (χ2n) is 15.1. The maximum Gasteiger partial charge on any atom is 0.342 e. The largest absolute Gasteiger partial charge is 0.543 e. The molecule has 0 saturated carbocycles. The normalized spacial score (nSPS) is 21.3. The SMILES string of the molecule is C=CCOC(=O)/C=C/CC1C[C@@H](O[Si](C)(C)C(C)(C)C)[C@@H](C)CCCCc2cccc(O[Si](C)(C)C(C)(C)C)c2C(=O)O1. The van der Waals surface area contributed by atoms with Crippen LogP contribution in [0, 0.1) is 5.92 Å². The van der Waals surface area contributed by atoms with Gasteiger partial charge in [0.25, 0.3) is 8.32 Å². The second kappa shape index (κ2) is 15.2. The van der Waals surface area contributed by atoms with E-state index in [-0.39, 0.29) is 28.8 Å². The summed E-state index contributed by atoms with van der Waals surface area (Å²) in [6.45, 7) is 28.2. The van der Waals surface area contributed by atoms with Crippen molar-refractivity contribution in [3.8, 4) is 5.75 Å². The van der Waals surface area contributed by atoms with Crippen molar-refractivity contribution in [2.24, 2.45) is 5.92 Å². The third-order valence-corrected chi connectivity index (χ3v) is 18.3. The second-order valence-corrected chi connectivity index (χ2v) is 24.6. The van der Waals surface area contributed by atoms with Gasteiger partial charge in [-0.25, -0.2) is 9.59 Å². The summed E-state index contributed by atoms with van der Waals surface area (Å²) >= 11 is 0. The lowest BCUT2D eigenvalue weighted by Crippen LogP contribution is -2.46. The third-order valence-electron chi connectivity index (χ3n) is 9.50. The average molecular weight is 631 g/mol. The first-order chi connectivity index (χ1) is 19.8. The van der Waals surface area contributed by atoms with E-state index < -0.39 is 28.7 Å². The molecule has 1 aliphatic heterocycles. The number of cyclic esters (lactones) is 1. The molecule has 43 heavy (non-hydrogen) atoms. The van der Waals surface area contributed by atoms with Gasteiger partial charge in [-0.05, 0) is 73.1 Å². The monoisotopic (exact) mass is 630 g/mol. The van der Waals surface area contributed by atoms with Crippen LogP contribution in [0.1, 0.15) is 96.5 Å². The van der Waals surface area contributed by atoms with Crippen molar-refractivity contribution in [2.45, 2.75) is 135 Å². The van der Waals surface area contributed by atoms with E-state index in [4.69, 9.17) is 18.3 Å². The summed E-state index contributed by atoms with van der Waals surface area (Å²) < 4.78 is 25.2. The van der Waals surface area contributed by atoms with Crippen LogP contribution in [0.4, 0.5) is 0 Å². The first kappa shape index (κ1) is 37.0. The van der Waals surface area contributed by atoms with Crippen LogP contribution in [0.2, 0.25) is 36.3 Å². The Bertz CT molecular complexity index is 1130. The molecule has 1 aromatic carbocycles. The molecular formula is C35H58O6Si2. The van der Waals surface area contributed by atoms with E-state index in [2.05, 4.69) is 81.2 Å². The van der Waals surface area contributed by atoms with E-state index in [0.717, 1.165) is 31.2 Å².